The summed E-state index contributed by atoms with van der Waals surface area (Å²) < 4.78 is 8.13. The molecule has 1 atom stereocenters. The molecule has 0 fully saturated rings. The van der Waals surface area contributed by atoms with Crippen LogP contribution in [-0.2, 0) is 39.3 Å². The molecule has 1 amide bonds. The van der Waals surface area contributed by atoms with Gasteiger partial charge in [-0.2, -0.15) is 0 Å². The zero-order valence-corrected chi connectivity index (χ0v) is 23.3. The fourth-order valence-corrected chi connectivity index (χ4v) is 6.39. The van der Waals surface area contributed by atoms with E-state index in [4.69, 9.17) is 9.72 Å². The van der Waals surface area contributed by atoms with E-state index in [-0.39, 0.29) is 29.4 Å². The third-order valence-electron chi connectivity index (χ3n) is 8.12. The fraction of sp³-hybridized carbons (Fsp3) is 0.484. The molecule has 0 saturated carbocycles. The minimum atomic E-state index is -1.11. The number of fused-ring (bicyclic) bond motifs is 5. The van der Waals surface area contributed by atoms with Crippen molar-refractivity contribution in [3.8, 4) is 11.4 Å². The topological polar surface area (TPSA) is 81.5 Å². The number of para-hydroxylation sites is 1. The Labute approximate surface area is 223 Å². The molecule has 7 nitrogen and oxygen atoms in total. The maximum atomic E-state index is 13.9. The number of Topliss-reactive ketones (excluding diaryl/α,β-unsaturated/α-hetero) is 1. The molecule has 3 aromatic rings. The van der Waals surface area contributed by atoms with Crippen molar-refractivity contribution in [1.82, 2.24) is 14.5 Å². The van der Waals surface area contributed by atoms with E-state index in [1.807, 2.05) is 68.4 Å². The summed E-state index contributed by atoms with van der Waals surface area (Å²) in [6, 6.07) is 10.1. The van der Waals surface area contributed by atoms with Gasteiger partial charge in [0.05, 0.1) is 29.6 Å². The molecule has 3 heterocycles. The van der Waals surface area contributed by atoms with E-state index in [0.717, 1.165) is 33.4 Å². The molecule has 2 aromatic heterocycles. The predicted molar refractivity (Wildman–Crippen MR) is 148 cm³/mol. The number of ether oxygens (including phenoxy) is 1. The number of nitrogens with zero attached hydrogens (tertiary/aromatic N) is 3. The predicted octanol–water partition coefficient (Wildman–Crippen LogP) is 4.77. The fourth-order valence-electron chi connectivity index (χ4n) is 6.39. The van der Waals surface area contributed by atoms with E-state index >= 15 is 0 Å². The largest absolute Gasteiger partial charge is 0.360 e. The first-order valence-corrected chi connectivity index (χ1v) is 13.7. The van der Waals surface area contributed by atoms with Crippen LogP contribution in [0, 0.1) is 0 Å². The standard InChI is InChI=1S/C31H37N3O4/c1-7-31(38-19(4)5)25-16-27-29-24(17-34(27)30(37)23(25)12-13-28(31)36)21(14-15-33(18(2)3)20(6)35)22-10-8-9-11-26(22)32-29/h8-11,16,18-19H,7,12-15,17H2,1-6H3/t31-/m0/s1. The van der Waals surface area contributed by atoms with Crippen molar-refractivity contribution in [2.24, 2.45) is 0 Å². The Morgan fingerprint density at radius 2 is 1.87 bits per heavy atom. The van der Waals surface area contributed by atoms with Crippen LogP contribution in [0.25, 0.3) is 22.3 Å². The Hall–Kier alpha value is -3.32. The highest BCUT2D eigenvalue weighted by atomic mass is 16.5. The number of benzene rings is 1. The van der Waals surface area contributed by atoms with Crippen LogP contribution in [0.5, 0.6) is 0 Å². The molecule has 200 valence electrons. The van der Waals surface area contributed by atoms with Crippen LogP contribution in [0.15, 0.2) is 35.1 Å². The van der Waals surface area contributed by atoms with Crippen molar-refractivity contribution in [2.45, 2.75) is 91.5 Å². The first kappa shape index (κ1) is 26.3. The molecular weight excluding hydrogens is 478 g/mol. The highest BCUT2D eigenvalue weighted by Gasteiger charge is 2.46. The van der Waals surface area contributed by atoms with E-state index in [1.54, 1.807) is 6.92 Å². The molecule has 1 aliphatic heterocycles. The van der Waals surface area contributed by atoms with Gasteiger partial charge < -0.3 is 14.2 Å². The average Bonchev–Trinajstić information content (AvgIpc) is 3.23. The molecule has 2 aliphatic rings. The van der Waals surface area contributed by atoms with Gasteiger partial charge in [-0.3, -0.25) is 14.4 Å². The molecule has 0 radical (unpaired) electrons. The maximum absolute atomic E-state index is 13.9. The van der Waals surface area contributed by atoms with Crippen LogP contribution in [-0.4, -0.2) is 44.8 Å². The van der Waals surface area contributed by atoms with Crippen molar-refractivity contribution in [2.75, 3.05) is 6.54 Å². The number of pyridine rings is 2. The van der Waals surface area contributed by atoms with Gasteiger partial charge >= 0.3 is 0 Å². The van der Waals surface area contributed by atoms with Gasteiger partial charge in [0.2, 0.25) is 5.91 Å². The molecule has 0 N–H and O–H groups in total. The van der Waals surface area contributed by atoms with Gasteiger partial charge in [0.25, 0.3) is 5.56 Å². The second-order valence-electron chi connectivity index (χ2n) is 11.1. The van der Waals surface area contributed by atoms with Crippen molar-refractivity contribution >= 4 is 22.6 Å². The van der Waals surface area contributed by atoms with Gasteiger partial charge in [0, 0.05) is 48.0 Å². The number of aromatic nitrogens is 2. The van der Waals surface area contributed by atoms with Crippen LogP contribution in [0.2, 0.25) is 0 Å². The number of amides is 1. The summed E-state index contributed by atoms with van der Waals surface area (Å²) in [4.78, 5) is 46.4. The quantitative estimate of drug-likeness (QED) is 0.354. The summed E-state index contributed by atoms with van der Waals surface area (Å²) in [5.74, 6) is 0.0850. The first-order valence-electron chi connectivity index (χ1n) is 13.7. The summed E-state index contributed by atoms with van der Waals surface area (Å²) in [6.07, 6.45) is 1.71. The SMILES string of the molecule is CC[C@@]1(OC(C)C)C(=O)CCc2c1cc1n(c2=O)Cc2c-1nc1ccccc1c2CCN(C(C)=O)C(C)C. The number of ketones is 1. The molecule has 7 heteroatoms. The van der Waals surface area contributed by atoms with E-state index in [1.165, 1.54) is 0 Å². The van der Waals surface area contributed by atoms with E-state index in [9.17, 15) is 14.4 Å². The first-order chi connectivity index (χ1) is 18.1. The molecule has 5 rings (SSSR count). The van der Waals surface area contributed by atoms with E-state index in [0.29, 0.717) is 49.9 Å². The number of hydrogen-bond acceptors (Lipinski definition) is 5. The van der Waals surface area contributed by atoms with Crippen molar-refractivity contribution in [3.63, 3.8) is 0 Å². The maximum Gasteiger partial charge on any atom is 0.254 e. The molecule has 0 bridgehead atoms. The smallest absolute Gasteiger partial charge is 0.254 e. The molecule has 0 unspecified atom stereocenters. The summed E-state index contributed by atoms with van der Waals surface area (Å²) in [6.45, 7) is 12.5. The van der Waals surface area contributed by atoms with Crippen LogP contribution in [0.3, 0.4) is 0 Å². The second kappa shape index (κ2) is 9.77. The second-order valence-corrected chi connectivity index (χ2v) is 11.1. The van der Waals surface area contributed by atoms with Crippen molar-refractivity contribution in [3.05, 3.63) is 62.9 Å². The monoisotopic (exact) mass is 515 g/mol. The zero-order valence-electron chi connectivity index (χ0n) is 23.3. The molecule has 1 aliphatic carbocycles. The minimum absolute atomic E-state index is 0.0361. The lowest BCUT2D eigenvalue weighted by Gasteiger charge is -2.38. The Morgan fingerprint density at radius 1 is 1.13 bits per heavy atom. The van der Waals surface area contributed by atoms with Crippen molar-refractivity contribution in [1.29, 1.82) is 0 Å². The van der Waals surface area contributed by atoms with Crippen molar-refractivity contribution < 1.29 is 14.3 Å². The number of hydrogen-bond donors (Lipinski definition) is 0. The highest BCUT2D eigenvalue weighted by molar-refractivity contribution is 5.92. The third kappa shape index (κ3) is 4.08. The Balaban J connectivity index is 1.71. The van der Waals surface area contributed by atoms with Crippen LogP contribution >= 0.6 is 0 Å². The lowest BCUT2D eigenvalue weighted by atomic mass is 9.76. The lowest BCUT2D eigenvalue weighted by Crippen LogP contribution is -2.46. The molecule has 0 saturated heterocycles. The highest BCUT2D eigenvalue weighted by Crippen LogP contribution is 2.43. The van der Waals surface area contributed by atoms with Gasteiger partial charge in [-0.15, -0.1) is 0 Å². The number of carbonyl (C=O) groups excluding carboxylic acids is 2. The number of rotatable bonds is 7. The van der Waals surface area contributed by atoms with Gasteiger partial charge in [-0.05, 0) is 64.7 Å². The summed E-state index contributed by atoms with van der Waals surface area (Å²) in [5, 5.41) is 1.05. The average molecular weight is 516 g/mol. The molecule has 1 aromatic carbocycles. The molecule has 38 heavy (non-hydrogen) atoms. The minimum Gasteiger partial charge on any atom is -0.360 e. The third-order valence-corrected chi connectivity index (χ3v) is 8.12. The Bertz CT molecular complexity index is 1500. The summed E-state index contributed by atoms with van der Waals surface area (Å²) in [5.41, 5.74) is 4.73. The van der Waals surface area contributed by atoms with E-state index < -0.39 is 5.60 Å². The van der Waals surface area contributed by atoms with Crippen LogP contribution in [0.1, 0.15) is 76.6 Å². The summed E-state index contributed by atoms with van der Waals surface area (Å²) in [7, 11) is 0. The molecule has 0 spiro atoms. The normalized spacial score (nSPS) is 18.2. The zero-order chi connectivity index (χ0) is 27.4. The Kier molecular flexibility index (Phi) is 6.76. The Morgan fingerprint density at radius 3 is 2.53 bits per heavy atom. The van der Waals surface area contributed by atoms with Crippen LogP contribution in [0.4, 0.5) is 0 Å². The summed E-state index contributed by atoms with van der Waals surface area (Å²) >= 11 is 0. The van der Waals surface area contributed by atoms with Gasteiger partial charge in [-0.25, -0.2) is 4.98 Å². The number of carbonyl (C=O) groups is 2. The van der Waals surface area contributed by atoms with Gasteiger partial charge in [0.15, 0.2) is 11.4 Å². The molecular formula is C31H37N3O4. The van der Waals surface area contributed by atoms with E-state index in [2.05, 4.69) is 6.07 Å². The lowest BCUT2D eigenvalue weighted by molar-refractivity contribution is -0.155. The van der Waals surface area contributed by atoms with Gasteiger partial charge in [-0.1, -0.05) is 25.1 Å². The van der Waals surface area contributed by atoms with Gasteiger partial charge in [0.1, 0.15) is 0 Å². The van der Waals surface area contributed by atoms with Crippen LogP contribution < -0.4 is 5.56 Å².